The van der Waals surface area contributed by atoms with E-state index in [0.29, 0.717) is 0 Å². The zero-order valence-corrected chi connectivity index (χ0v) is 29.8. The summed E-state index contributed by atoms with van der Waals surface area (Å²) >= 11 is 0. The highest BCUT2D eigenvalue weighted by Crippen LogP contribution is 2.45. The summed E-state index contributed by atoms with van der Waals surface area (Å²) in [6.45, 7) is 0. The van der Waals surface area contributed by atoms with Crippen LogP contribution in [-0.4, -0.2) is 20.0 Å². The molecule has 2 aromatic heterocycles. The second kappa shape index (κ2) is 12.6. The molecule has 0 aliphatic rings. The molecule has 0 radical (unpaired) electrons. The molecule has 0 unspecified atom stereocenters. The fourth-order valence-corrected chi connectivity index (χ4v) is 8.21. The zero-order valence-electron chi connectivity index (χ0n) is 29.8. The second-order valence-electron chi connectivity index (χ2n) is 14.2. The second-order valence-corrected chi connectivity index (χ2v) is 14.2. The maximum atomic E-state index is 4.94. The van der Waals surface area contributed by atoms with Crippen molar-refractivity contribution in [3.05, 3.63) is 194 Å². The topological polar surface area (TPSA) is 43.6 Å². The van der Waals surface area contributed by atoms with E-state index >= 15 is 0 Å². The smallest absolute Gasteiger partial charge is 0.114 e. The third kappa shape index (κ3) is 5.34. The van der Waals surface area contributed by atoms with Crippen molar-refractivity contribution in [1.29, 1.82) is 0 Å². The van der Waals surface area contributed by atoms with Gasteiger partial charge in [-0.1, -0.05) is 127 Å². The average Bonchev–Trinajstić information content (AvgIpc) is 3.69. The van der Waals surface area contributed by atoms with Crippen molar-refractivity contribution in [1.82, 2.24) is 20.0 Å². The minimum atomic E-state index is 0.848. The molecule has 0 bridgehead atoms. The molecule has 256 valence electrons. The lowest BCUT2D eigenvalue weighted by molar-refractivity contribution is 0.766. The van der Waals surface area contributed by atoms with E-state index in [1.54, 1.807) is 4.80 Å². The Morgan fingerprint density at radius 3 is 1.47 bits per heavy atom. The van der Waals surface area contributed by atoms with Gasteiger partial charge in [0.15, 0.2) is 0 Å². The Kier molecular flexibility index (Phi) is 7.14. The Morgan fingerprint density at radius 1 is 0.309 bits per heavy atom. The summed E-state index contributed by atoms with van der Waals surface area (Å²) in [6, 6.07) is 65.5. The summed E-state index contributed by atoms with van der Waals surface area (Å²) < 4.78 is 0. The quantitative estimate of drug-likeness (QED) is 0.168. The number of aromatic nitrogens is 4. The molecule has 0 N–H and O–H groups in total. The summed E-state index contributed by atoms with van der Waals surface area (Å²) in [5.41, 5.74) is 12.0. The van der Waals surface area contributed by atoms with Crippen LogP contribution < -0.4 is 0 Å². The first-order valence-electron chi connectivity index (χ1n) is 18.6. The molecule has 11 rings (SSSR count). The number of hydrogen-bond acceptors (Lipinski definition) is 3. The van der Waals surface area contributed by atoms with Crippen LogP contribution in [0.25, 0.3) is 104 Å². The molecular weight excluding hydrogens is 669 g/mol. The van der Waals surface area contributed by atoms with Crippen LogP contribution in [0.15, 0.2) is 194 Å². The lowest BCUT2D eigenvalue weighted by atomic mass is 9.84. The van der Waals surface area contributed by atoms with Crippen molar-refractivity contribution in [2.24, 2.45) is 0 Å². The molecule has 11 aromatic rings. The summed E-state index contributed by atoms with van der Waals surface area (Å²) in [6.07, 6.45) is 3.63. The number of benzene rings is 9. The van der Waals surface area contributed by atoms with Gasteiger partial charge in [-0.3, -0.25) is 4.98 Å². The van der Waals surface area contributed by atoms with Crippen LogP contribution in [0.4, 0.5) is 0 Å². The summed E-state index contributed by atoms with van der Waals surface area (Å²) in [4.78, 5) is 5.87. The van der Waals surface area contributed by atoms with Crippen LogP contribution in [-0.2, 0) is 0 Å². The Balaban J connectivity index is 1.09. The number of rotatable bonds is 5. The maximum Gasteiger partial charge on any atom is 0.114 e. The lowest BCUT2D eigenvalue weighted by Gasteiger charge is -2.19. The third-order valence-corrected chi connectivity index (χ3v) is 10.9. The first kappa shape index (κ1) is 31.1. The van der Waals surface area contributed by atoms with Crippen LogP contribution in [0.1, 0.15) is 0 Å². The highest BCUT2D eigenvalue weighted by atomic mass is 15.5. The van der Waals surface area contributed by atoms with Gasteiger partial charge in [0.05, 0.1) is 5.69 Å². The molecule has 0 aliphatic carbocycles. The molecule has 4 nitrogen and oxygen atoms in total. The van der Waals surface area contributed by atoms with Crippen molar-refractivity contribution < 1.29 is 0 Å². The Bertz CT molecular complexity index is 3250. The molecule has 0 fully saturated rings. The highest BCUT2D eigenvalue weighted by molar-refractivity contribution is 6.22. The molecule has 9 aromatic carbocycles. The van der Waals surface area contributed by atoms with E-state index in [4.69, 9.17) is 10.2 Å². The molecule has 55 heavy (non-hydrogen) atoms. The predicted molar refractivity (Wildman–Crippen MR) is 228 cm³/mol. The molecule has 2 heterocycles. The Labute approximate surface area is 317 Å². The monoisotopic (exact) mass is 700 g/mol. The standard InChI is InChI=1S/C51H32N4/c1-3-9-37-29-41(15-13-33(37)7-1)50-44-11-5-6-12-45(44)51(42-16-14-34-8-2-4-10-38(34)30-42)47-31-39(19-23-46(47)50)40-20-24-48-49(32-40)54-55(53-48)43-21-17-35(18-22-43)36-25-27-52-28-26-36/h1-32H. The van der Waals surface area contributed by atoms with Crippen LogP contribution in [0.2, 0.25) is 0 Å². The molecule has 0 aliphatic heterocycles. The maximum absolute atomic E-state index is 4.94. The molecule has 0 saturated carbocycles. The van der Waals surface area contributed by atoms with Gasteiger partial charge in [0.2, 0.25) is 0 Å². The van der Waals surface area contributed by atoms with E-state index in [0.717, 1.165) is 39.0 Å². The summed E-state index contributed by atoms with van der Waals surface area (Å²) in [7, 11) is 0. The third-order valence-electron chi connectivity index (χ3n) is 10.9. The van der Waals surface area contributed by atoms with E-state index < -0.39 is 0 Å². The summed E-state index contributed by atoms with van der Waals surface area (Å²) in [5.74, 6) is 0. The number of nitrogens with zero attached hydrogens (tertiary/aromatic N) is 4. The molecule has 0 amide bonds. The van der Waals surface area contributed by atoms with E-state index in [1.807, 2.05) is 24.5 Å². The van der Waals surface area contributed by atoms with Crippen LogP contribution >= 0.6 is 0 Å². The van der Waals surface area contributed by atoms with Gasteiger partial charge in [-0.2, -0.15) is 4.80 Å². The van der Waals surface area contributed by atoms with E-state index in [1.165, 1.54) is 65.3 Å². The van der Waals surface area contributed by atoms with Crippen molar-refractivity contribution in [2.45, 2.75) is 0 Å². The predicted octanol–water partition coefficient (Wildman–Crippen LogP) is 13.1. The Hall–Kier alpha value is -7.43. The number of pyridine rings is 1. The molecule has 0 saturated heterocycles. The van der Waals surface area contributed by atoms with Gasteiger partial charge in [-0.25, -0.2) is 0 Å². The first-order valence-corrected chi connectivity index (χ1v) is 18.6. The SMILES string of the molecule is c1ccc2cc(-c3c4ccccc4c(-c4ccc5ccccc5c4)c4cc(-c5ccc6nn(-c7ccc(-c8ccncc8)cc7)nc6c5)ccc34)ccc2c1. The minimum Gasteiger partial charge on any atom is -0.265 e. The van der Waals surface area contributed by atoms with Gasteiger partial charge < -0.3 is 0 Å². The minimum absolute atomic E-state index is 0.848. The van der Waals surface area contributed by atoms with Gasteiger partial charge in [0.25, 0.3) is 0 Å². The molecular formula is C51H32N4. The van der Waals surface area contributed by atoms with E-state index in [2.05, 4.69) is 175 Å². The van der Waals surface area contributed by atoms with Gasteiger partial charge >= 0.3 is 0 Å². The molecule has 0 atom stereocenters. The lowest BCUT2D eigenvalue weighted by Crippen LogP contribution is -1.97. The largest absolute Gasteiger partial charge is 0.265 e. The van der Waals surface area contributed by atoms with E-state index in [9.17, 15) is 0 Å². The van der Waals surface area contributed by atoms with Gasteiger partial charge in [-0.15, -0.1) is 10.2 Å². The van der Waals surface area contributed by atoms with Crippen molar-refractivity contribution in [3.8, 4) is 50.2 Å². The van der Waals surface area contributed by atoms with Crippen molar-refractivity contribution >= 4 is 54.1 Å². The highest BCUT2D eigenvalue weighted by Gasteiger charge is 2.19. The number of fused-ring (bicyclic) bond motifs is 5. The van der Waals surface area contributed by atoms with Crippen LogP contribution in [0, 0.1) is 0 Å². The summed E-state index contributed by atoms with van der Waals surface area (Å²) in [5, 5.41) is 19.6. The van der Waals surface area contributed by atoms with Gasteiger partial charge in [0, 0.05) is 12.4 Å². The Morgan fingerprint density at radius 2 is 0.800 bits per heavy atom. The molecule has 0 spiro atoms. The van der Waals surface area contributed by atoms with Gasteiger partial charge in [0.1, 0.15) is 11.0 Å². The van der Waals surface area contributed by atoms with E-state index in [-0.39, 0.29) is 0 Å². The fourth-order valence-electron chi connectivity index (χ4n) is 8.21. The fraction of sp³-hybridized carbons (Fsp3) is 0. The van der Waals surface area contributed by atoms with Gasteiger partial charge in [-0.05, 0) is 142 Å². The molecule has 4 heteroatoms. The average molecular weight is 701 g/mol. The van der Waals surface area contributed by atoms with Crippen LogP contribution in [0.5, 0.6) is 0 Å². The number of hydrogen-bond donors (Lipinski definition) is 0. The first-order chi connectivity index (χ1) is 27.2. The zero-order chi connectivity index (χ0) is 36.3. The van der Waals surface area contributed by atoms with Crippen LogP contribution in [0.3, 0.4) is 0 Å². The normalized spacial score (nSPS) is 11.6. The van der Waals surface area contributed by atoms with Crippen molar-refractivity contribution in [3.63, 3.8) is 0 Å². The van der Waals surface area contributed by atoms with Crippen molar-refractivity contribution in [2.75, 3.05) is 0 Å².